The Morgan fingerprint density at radius 2 is 1.81 bits per heavy atom. The molecule has 1 amide bonds. The van der Waals surface area contributed by atoms with Gasteiger partial charge in [-0.15, -0.1) is 0 Å². The van der Waals surface area contributed by atoms with Crippen LogP contribution in [0.25, 0.3) is 11.0 Å². The average Bonchev–Trinajstić information content (AvgIpc) is 2.78. The Hall–Kier alpha value is -3.81. The number of nitrogens with one attached hydrogen (secondary N) is 1. The van der Waals surface area contributed by atoms with Crippen molar-refractivity contribution in [2.75, 3.05) is 13.7 Å². The van der Waals surface area contributed by atoms with Crippen LogP contribution < -0.4 is 20.2 Å². The number of ether oxygens (including phenoxy) is 3. The molecule has 0 spiro atoms. The van der Waals surface area contributed by atoms with Crippen LogP contribution in [0.1, 0.15) is 13.8 Å². The molecule has 3 aromatic rings. The predicted octanol–water partition coefficient (Wildman–Crippen LogP) is 3.28. The van der Waals surface area contributed by atoms with Gasteiger partial charge in [0.25, 0.3) is 5.91 Å². The normalized spacial score (nSPS) is 11.7. The molecule has 0 unspecified atom stereocenters. The molecule has 1 aromatic heterocycles. The van der Waals surface area contributed by atoms with E-state index in [1.165, 1.54) is 25.5 Å². The van der Waals surface area contributed by atoms with Crippen LogP contribution in [0.2, 0.25) is 0 Å². The first-order valence-electron chi connectivity index (χ1n) is 9.67. The van der Waals surface area contributed by atoms with Crippen molar-refractivity contribution < 1.29 is 28.2 Å². The van der Waals surface area contributed by atoms with Crippen LogP contribution in [-0.2, 0) is 14.3 Å². The Morgan fingerprint density at radius 1 is 1.06 bits per heavy atom. The topological polar surface area (TPSA) is 104 Å². The molecular formula is C23H23NO7. The van der Waals surface area contributed by atoms with E-state index in [-0.39, 0.29) is 29.3 Å². The fourth-order valence-electron chi connectivity index (χ4n) is 2.86. The highest BCUT2D eigenvalue weighted by molar-refractivity contribution is 5.85. The summed E-state index contributed by atoms with van der Waals surface area (Å²) in [6, 6.07) is 12.7. The summed E-state index contributed by atoms with van der Waals surface area (Å²) in [7, 11) is 1.26. The van der Waals surface area contributed by atoms with Gasteiger partial charge in [-0.3, -0.25) is 9.59 Å². The second-order valence-corrected chi connectivity index (χ2v) is 7.10. The molecule has 8 nitrogen and oxygen atoms in total. The van der Waals surface area contributed by atoms with Gasteiger partial charge in [-0.1, -0.05) is 32.0 Å². The molecule has 0 bridgehead atoms. The van der Waals surface area contributed by atoms with Gasteiger partial charge in [0, 0.05) is 6.07 Å². The van der Waals surface area contributed by atoms with E-state index in [0.717, 1.165) is 0 Å². The number of amides is 1. The third-order valence-corrected chi connectivity index (χ3v) is 4.49. The van der Waals surface area contributed by atoms with Crippen molar-refractivity contribution in [3.63, 3.8) is 0 Å². The molecule has 0 aliphatic rings. The van der Waals surface area contributed by atoms with Gasteiger partial charge in [0.1, 0.15) is 29.4 Å². The molecule has 0 fully saturated rings. The fourth-order valence-corrected chi connectivity index (χ4v) is 2.86. The Kier molecular flexibility index (Phi) is 6.92. The van der Waals surface area contributed by atoms with Crippen LogP contribution >= 0.6 is 0 Å². The lowest BCUT2D eigenvalue weighted by Gasteiger charge is -2.19. The van der Waals surface area contributed by atoms with Crippen LogP contribution in [-0.4, -0.2) is 31.6 Å². The summed E-state index contributed by atoms with van der Waals surface area (Å²) in [5.41, 5.74) is -0.0369. The number of rotatable bonds is 8. The van der Waals surface area contributed by atoms with Crippen molar-refractivity contribution in [3.8, 4) is 17.2 Å². The van der Waals surface area contributed by atoms with Gasteiger partial charge < -0.3 is 23.9 Å². The number of fused-ring (bicyclic) bond motifs is 1. The van der Waals surface area contributed by atoms with Crippen LogP contribution in [0.5, 0.6) is 17.2 Å². The molecule has 0 radical (unpaired) electrons. The summed E-state index contributed by atoms with van der Waals surface area (Å²) in [4.78, 5) is 36.6. The van der Waals surface area contributed by atoms with Gasteiger partial charge in [-0.25, -0.2) is 4.79 Å². The highest BCUT2D eigenvalue weighted by atomic mass is 16.5. The second kappa shape index (κ2) is 9.80. The van der Waals surface area contributed by atoms with Crippen molar-refractivity contribution in [2.45, 2.75) is 19.9 Å². The number of hydrogen-bond donors (Lipinski definition) is 1. The largest absolute Gasteiger partial charge is 0.484 e. The highest BCUT2D eigenvalue weighted by Gasteiger charge is 2.25. The van der Waals surface area contributed by atoms with Crippen molar-refractivity contribution >= 4 is 22.8 Å². The summed E-state index contributed by atoms with van der Waals surface area (Å²) in [5, 5.41) is 2.90. The summed E-state index contributed by atoms with van der Waals surface area (Å²) in [5.74, 6) is -0.219. The van der Waals surface area contributed by atoms with Gasteiger partial charge >= 0.3 is 5.97 Å². The molecule has 0 aliphatic heterocycles. The minimum Gasteiger partial charge on any atom is -0.484 e. The van der Waals surface area contributed by atoms with Crippen molar-refractivity contribution in [2.24, 2.45) is 5.92 Å². The average molecular weight is 425 g/mol. The number of carbonyl (C=O) groups excluding carboxylic acids is 2. The van der Waals surface area contributed by atoms with E-state index in [4.69, 9.17) is 18.6 Å². The van der Waals surface area contributed by atoms with E-state index in [1.54, 1.807) is 44.2 Å². The lowest BCUT2D eigenvalue weighted by atomic mass is 10.0. The number of para-hydroxylation sites is 1. The summed E-state index contributed by atoms with van der Waals surface area (Å²) >= 11 is 0. The van der Waals surface area contributed by atoms with Gasteiger partial charge in [0.05, 0.1) is 12.5 Å². The molecule has 1 N–H and O–H groups in total. The summed E-state index contributed by atoms with van der Waals surface area (Å²) in [6.45, 7) is 3.28. The fraction of sp³-hybridized carbons (Fsp3) is 0.261. The lowest BCUT2D eigenvalue weighted by Crippen LogP contribution is -2.46. The summed E-state index contributed by atoms with van der Waals surface area (Å²) < 4.78 is 21.3. The molecule has 3 rings (SSSR count). The van der Waals surface area contributed by atoms with Crippen molar-refractivity contribution in [3.05, 3.63) is 65.0 Å². The second-order valence-electron chi connectivity index (χ2n) is 7.10. The maximum absolute atomic E-state index is 12.7. The number of esters is 1. The maximum atomic E-state index is 12.7. The summed E-state index contributed by atoms with van der Waals surface area (Å²) in [6.07, 6.45) is 1.23. The highest BCUT2D eigenvalue weighted by Crippen LogP contribution is 2.23. The first-order chi connectivity index (χ1) is 14.9. The predicted molar refractivity (Wildman–Crippen MR) is 113 cm³/mol. The molecule has 1 heterocycles. The first-order valence-corrected chi connectivity index (χ1v) is 9.67. The number of methoxy groups -OCH3 is 1. The minimum atomic E-state index is -0.765. The van der Waals surface area contributed by atoms with E-state index in [0.29, 0.717) is 16.9 Å². The molecular weight excluding hydrogens is 402 g/mol. The van der Waals surface area contributed by atoms with Crippen LogP contribution in [0.4, 0.5) is 0 Å². The molecule has 0 saturated heterocycles. The smallest absolute Gasteiger partial charge is 0.328 e. The third-order valence-electron chi connectivity index (χ3n) is 4.49. The molecule has 162 valence electrons. The van der Waals surface area contributed by atoms with E-state index in [9.17, 15) is 14.4 Å². The maximum Gasteiger partial charge on any atom is 0.328 e. The number of carbonyl (C=O) groups is 2. The number of benzene rings is 2. The van der Waals surface area contributed by atoms with E-state index < -0.39 is 17.9 Å². The van der Waals surface area contributed by atoms with E-state index >= 15 is 0 Å². The molecule has 8 heteroatoms. The zero-order valence-electron chi connectivity index (χ0n) is 17.4. The van der Waals surface area contributed by atoms with Gasteiger partial charge in [0.15, 0.2) is 6.61 Å². The van der Waals surface area contributed by atoms with Gasteiger partial charge in [-0.2, -0.15) is 0 Å². The molecule has 0 saturated carbocycles. The van der Waals surface area contributed by atoms with Crippen molar-refractivity contribution in [1.82, 2.24) is 5.32 Å². The first kappa shape index (κ1) is 21.9. The number of hydrogen-bond acceptors (Lipinski definition) is 7. The van der Waals surface area contributed by atoms with Crippen molar-refractivity contribution in [1.29, 1.82) is 0 Å². The zero-order valence-corrected chi connectivity index (χ0v) is 17.4. The Labute approximate surface area is 178 Å². The molecule has 2 aromatic carbocycles. The van der Waals surface area contributed by atoms with E-state index in [1.807, 2.05) is 6.07 Å². The Balaban J connectivity index is 1.69. The molecule has 1 atom stereocenters. The van der Waals surface area contributed by atoms with Gasteiger partial charge in [0.2, 0.25) is 11.2 Å². The van der Waals surface area contributed by atoms with Crippen LogP contribution in [0.3, 0.4) is 0 Å². The third kappa shape index (κ3) is 5.42. The SMILES string of the molecule is COC(=O)[C@@H](NC(=O)COc1ccc2c(=O)c(Oc3ccccc3)coc2c1)C(C)C. The van der Waals surface area contributed by atoms with E-state index in [2.05, 4.69) is 5.32 Å². The monoisotopic (exact) mass is 425 g/mol. The Bertz CT molecular complexity index is 1120. The minimum absolute atomic E-state index is 0.0642. The van der Waals surface area contributed by atoms with Crippen LogP contribution in [0, 0.1) is 5.92 Å². The zero-order chi connectivity index (χ0) is 22.4. The molecule has 31 heavy (non-hydrogen) atoms. The van der Waals surface area contributed by atoms with Crippen LogP contribution in [0.15, 0.2) is 64.0 Å². The Morgan fingerprint density at radius 3 is 2.48 bits per heavy atom. The standard InChI is InChI=1S/C23H23NO7/c1-14(2)21(23(27)28-3)24-20(25)13-29-16-9-10-17-18(11-16)30-12-19(22(17)26)31-15-7-5-4-6-8-15/h4-12,14,21H,13H2,1-3H3,(H,24,25)/t21-/m0/s1. The molecule has 0 aliphatic carbocycles. The quantitative estimate of drug-likeness (QED) is 0.552. The lowest BCUT2D eigenvalue weighted by molar-refractivity contribution is -0.146. The van der Waals surface area contributed by atoms with Gasteiger partial charge in [-0.05, 0) is 30.2 Å².